The number of hydrogen-bond donors (Lipinski definition) is 1. The molecule has 2 rings (SSSR count). The molecular formula is C12H11F3O5. The van der Waals surface area contributed by atoms with Crippen LogP contribution in [0, 0.1) is 0 Å². The predicted octanol–water partition coefficient (Wildman–Crippen LogP) is 1.68. The molecule has 1 atom stereocenters. The van der Waals surface area contributed by atoms with Crippen LogP contribution in [0.15, 0.2) is 12.1 Å². The first-order chi connectivity index (χ1) is 9.36. The molecule has 110 valence electrons. The number of esters is 1. The second-order valence-electron chi connectivity index (χ2n) is 3.97. The second kappa shape index (κ2) is 5.20. The zero-order valence-corrected chi connectivity index (χ0v) is 10.4. The average Bonchev–Trinajstić information content (AvgIpc) is 2.43. The van der Waals surface area contributed by atoms with Gasteiger partial charge in [0.1, 0.15) is 13.2 Å². The molecule has 1 aliphatic heterocycles. The summed E-state index contributed by atoms with van der Waals surface area (Å²) in [6, 6.07) is 1.82. The lowest BCUT2D eigenvalue weighted by molar-refractivity contribution is -0.152. The molecule has 0 saturated heterocycles. The molecule has 0 spiro atoms. The molecule has 1 aromatic rings. The monoisotopic (exact) mass is 292 g/mol. The molecule has 5 nitrogen and oxygen atoms in total. The maximum atomic E-state index is 13.0. The summed E-state index contributed by atoms with van der Waals surface area (Å²) in [5.74, 6) is -1.45. The van der Waals surface area contributed by atoms with E-state index < -0.39 is 29.4 Å². The van der Waals surface area contributed by atoms with Gasteiger partial charge in [-0.05, 0) is 12.1 Å². The second-order valence-corrected chi connectivity index (χ2v) is 3.97. The number of benzene rings is 1. The van der Waals surface area contributed by atoms with Crippen LogP contribution in [-0.2, 0) is 15.7 Å². The number of alkyl halides is 3. The molecular weight excluding hydrogens is 281 g/mol. The third kappa shape index (κ3) is 2.51. The van der Waals surface area contributed by atoms with E-state index in [-0.39, 0.29) is 24.7 Å². The Labute approximate surface area is 111 Å². The normalized spacial score (nSPS) is 15.7. The van der Waals surface area contributed by atoms with Crippen molar-refractivity contribution in [3.63, 3.8) is 0 Å². The molecule has 1 unspecified atom stereocenters. The summed E-state index contributed by atoms with van der Waals surface area (Å²) in [5, 5.41) is 9.78. The van der Waals surface area contributed by atoms with Crippen LogP contribution >= 0.6 is 0 Å². The van der Waals surface area contributed by atoms with Crippen molar-refractivity contribution in [2.75, 3.05) is 20.3 Å². The first-order valence-corrected chi connectivity index (χ1v) is 5.62. The molecule has 1 aliphatic rings. The van der Waals surface area contributed by atoms with Gasteiger partial charge in [0, 0.05) is 5.56 Å². The zero-order valence-electron chi connectivity index (χ0n) is 10.4. The van der Waals surface area contributed by atoms with Crippen LogP contribution in [0.2, 0.25) is 0 Å². The summed E-state index contributed by atoms with van der Waals surface area (Å²) < 4.78 is 53.5. The largest absolute Gasteiger partial charge is 0.486 e. The Kier molecular flexibility index (Phi) is 3.76. The van der Waals surface area contributed by atoms with Crippen LogP contribution in [0.3, 0.4) is 0 Å². The fourth-order valence-corrected chi connectivity index (χ4v) is 1.89. The van der Waals surface area contributed by atoms with Crippen molar-refractivity contribution in [2.45, 2.75) is 12.3 Å². The van der Waals surface area contributed by atoms with Crippen LogP contribution in [0.25, 0.3) is 0 Å². The summed E-state index contributed by atoms with van der Waals surface area (Å²) in [4.78, 5) is 11.3. The van der Waals surface area contributed by atoms with Gasteiger partial charge in [-0.3, -0.25) is 0 Å². The van der Waals surface area contributed by atoms with Gasteiger partial charge in [0.25, 0.3) is 0 Å². The van der Waals surface area contributed by atoms with Gasteiger partial charge in [-0.25, -0.2) is 4.79 Å². The number of hydrogen-bond acceptors (Lipinski definition) is 5. The molecule has 0 bridgehead atoms. The molecule has 0 radical (unpaired) electrons. The molecule has 0 saturated carbocycles. The zero-order chi connectivity index (χ0) is 14.9. The minimum absolute atomic E-state index is 0.0230. The molecule has 0 aliphatic carbocycles. The van der Waals surface area contributed by atoms with E-state index in [0.29, 0.717) is 0 Å². The van der Waals surface area contributed by atoms with E-state index in [0.717, 1.165) is 19.2 Å². The minimum atomic E-state index is -4.75. The Balaban J connectivity index is 2.62. The Morgan fingerprint density at radius 3 is 2.60 bits per heavy atom. The number of halogens is 3. The van der Waals surface area contributed by atoms with Crippen molar-refractivity contribution in [3.8, 4) is 11.5 Å². The van der Waals surface area contributed by atoms with Gasteiger partial charge < -0.3 is 19.3 Å². The highest BCUT2D eigenvalue weighted by Gasteiger charge is 2.40. The third-order valence-electron chi connectivity index (χ3n) is 2.75. The highest BCUT2D eigenvalue weighted by Crippen LogP contribution is 2.45. The van der Waals surface area contributed by atoms with Crippen molar-refractivity contribution in [1.29, 1.82) is 0 Å². The Hall–Kier alpha value is -1.96. The van der Waals surface area contributed by atoms with Crippen molar-refractivity contribution >= 4 is 5.97 Å². The van der Waals surface area contributed by atoms with Gasteiger partial charge in [-0.2, -0.15) is 13.2 Å². The van der Waals surface area contributed by atoms with Crippen LogP contribution < -0.4 is 9.47 Å². The quantitative estimate of drug-likeness (QED) is 0.840. The molecule has 1 aromatic carbocycles. The van der Waals surface area contributed by atoms with E-state index in [1.54, 1.807) is 0 Å². The number of ether oxygens (including phenoxy) is 3. The van der Waals surface area contributed by atoms with Gasteiger partial charge in [0.2, 0.25) is 0 Å². The fourth-order valence-electron chi connectivity index (χ4n) is 1.89. The average molecular weight is 292 g/mol. The van der Waals surface area contributed by atoms with E-state index in [1.807, 2.05) is 0 Å². The highest BCUT2D eigenvalue weighted by molar-refractivity contribution is 5.78. The van der Waals surface area contributed by atoms with E-state index in [1.165, 1.54) is 0 Å². The summed E-state index contributed by atoms with van der Waals surface area (Å²) >= 11 is 0. The van der Waals surface area contributed by atoms with Gasteiger partial charge in [-0.1, -0.05) is 0 Å². The van der Waals surface area contributed by atoms with Crippen LogP contribution in [-0.4, -0.2) is 31.4 Å². The van der Waals surface area contributed by atoms with Gasteiger partial charge in [0.15, 0.2) is 17.6 Å². The van der Waals surface area contributed by atoms with E-state index >= 15 is 0 Å². The first kappa shape index (κ1) is 14.4. The van der Waals surface area contributed by atoms with Gasteiger partial charge in [0.05, 0.1) is 12.7 Å². The van der Waals surface area contributed by atoms with E-state index in [4.69, 9.17) is 9.47 Å². The maximum Gasteiger partial charge on any atom is 0.416 e. The first-order valence-electron chi connectivity index (χ1n) is 5.62. The van der Waals surface area contributed by atoms with Crippen LogP contribution in [0.1, 0.15) is 17.2 Å². The molecule has 0 amide bonds. The smallest absolute Gasteiger partial charge is 0.416 e. The number of carbonyl (C=O) groups excluding carboxylic acids is 1. The predicted molar refractivity (Wildman–Crippen MR) is 59.4 cm³/mol. The Bertz CT molecular complexity index is 527. The minimum Gasteiger partial charge on any atom is -0.486 e. The molecule has 0 fully saturated rings. The summed E-state index contributed by atoms with van der Waals surface area (Å²) in [5.41, 5.74) is -1.86. The molecule has 8 heteroatoms. The van der Waals surface area contributed by atoms with Gasteiger partial charge >= 0.3 is 12.1 Å². The lowest BCUT2D eigenvalue weighted by Crippen LogP contribution is -2.23. The number of fused-ring (bicyclic) bond motifs is 1. The number of carbonyl (C=O) groups is 1. The molecule has 1 heterocycles. The topological polar surface area (TPSA) is 65.0 Å². The lowest BCUT2D eigenvalue weighted by atomic mass is 9.99. The SMILES string of the molecule is COC(=O)C(O)c1c(C(F)(F)F)ccc2c1OCCO2. The van der Waals surface area contributed by atoms with Gasteiger partial charge in [-0.15, -0.1) is 0 Å². The number of aliphatic hydroxyl groups excluding tert-OH is 1. The Morgan fingerprint density at radius 2 is 2.00 bits per heavy atom. The van der Waals surface area contributed by atoms with Crippen molar-refractivity contribution in [2.24, 2.45) is 0 Å². The van der Waals surface area contributed by atoms with Crippen molar-refractivity contribution in [3.05, 3.63) is 23.3 Å². The number of methoxy groups -OCH3 is 1. The van der Waals surface area contributed by atoms with E-state index in [9.17, 15) is 23.1 Å². The van der Waals surface area contributed by atoms with E-state index in [2.05, 4.69) is 4.74 Å². The maximum absolute atomic E-state index is 13.0. The van der Waals surface area contributed by atoms with Crippen LogP contribution in [0.4, 0.5) is 13.2 Å². The summed E-state index contributed by atoms with van der Waals surface area (Å²) in [6.07, 6.45) is -6.85. The summed E-state index contributed by atoms with van der Waals surface area (Å²) in [6.45, 7) is 0.196. The van der Waals surface area contributed by atoms with Crippen molar-refractivity contribution < 1.29 is 37.3 Å². The van der Waals surface area contributed by atoms with Crippen molar-refractivity contribution in [1.82, 2.24) is 0 Å². The molecule has 1 N–H and O–H groups in total. The number of rotatable bonds is 2. The third-order valence-corrected chi connectivity index (χ3v) is 2.75. The summed E-state index contributed by atoms with van der Waals surface area (Å²) in [7, 11) is 0.964. The standard InChI is InChI=1S/C12H11F3O5/c1-18-11(17)9(16)8-6(12(13,14)15)2-3-7-10(8)20-5-4-19-7/h2-3,9,16H,4-5H2,1H3. The number of aliphatic hydroxyl groups is 1. The molecule has 20 heavy (non-hydrogen) atoms. The highest BCUT2D eigenvalue weighted by atomic mass is 19.4. The Morgan fingerprint density at radius 1 is 1.35 bits per heavy atom. The fraction of sp³-hybridized carbons (Fsp3) is 0.417. The molecule has 0 aromatic heterocycles. The van der Waals surface area contributed by atoms with Crippen LogP contribution in [0.5, 0.6) is 11.5 Å². The lowest BCUT2D eigenvalue weighted by Gasteiger charge is -2.25.